The van der Waals surface area contributed by atoms with Crippen molar-refractivity contribution in [2.75, 3.05) is 0 Å². The molecule has 2 aliphatic carbocycles. The van der Waals surface area contributed by atoms with Crippen molar-refractivity contribution in [3.05, 3.63) is 32.8 Å². The summed E-state index contributed by atoms with van der Waals surface area (Å²) in [6, 6.07) is -0.632. The molecule has 8 heteroatoms. The summed E-state index contributed by atoms with van der Waals surface area (Å²) in [5.41, 5.74) is 2.32. The van der Waals surface area contributed by atoms with Gasteiger partial charge in [0.15, 0.2) is 4.47 Å². The molecule has 112 valence electrons. The standard InChI is InChI=1S/C13H10ClF3N2OS/c14-12-19-10-7-2-1-3-8(18-11(20)13(15,16)17)6(7)4-5-9(10)21-12/h1-2,8H,3-5H2,(H,18,20). The highest BCUT2D eigenvalue weighted by molar-refractivity contribution is 7.16. The highest BCUT2D eigenvalue weighted by Crippen LogP contribution is 2.40. The van der Waals surface area contributed by atoms with Crippen LogP contribution in [-0.2, 0) is 11.2 Å². The van der Waals surface area contributed by atoms with Crippen LogP contribution in [0.3, 0.4) is 0 Å². The average molecular weight is 335 g/mol. The molecule has 1 unspecified atom stereocenters. The first-order valence-electron chi connectivity index (χ1n) is 6.29. The number of amides is 1. The van der Waals surface area contributed by atoms with Gasteiger partial charge < -0.3 is 5.32 Å². The van der Waals surface area contributed by atoms with Crippen molar-refractivity contribution in [2.24, 2.45) is 0 Å². The summed E-state index contributed by atoms with van der Waals surface area (Å²) in [4.78, 5) is 16.4. The van der Waals surface area contributed by atoms with E-state index in [9.17, 15) is 18.0 Å². The van der Waals surface area contributed by atoms with Gasteiger partial charge in [-0.25, -0.2) is 4.98 Å². The summed E-state index contributed by atoms with van der Waals surface area (Å²) in [5, 5.41) is 2.07. The monoisotopic (exact) mass is 334 g/mol. The number of nitrogens with zero attached hydrogens (tertiary/aromatic N) is 1. The Morgan fingerprint density at radius 1 is 1.43 bits per heavy atom. The number of alkyl halides is 3. The van der Waals surface area contributed by atoms with Crippen molar-refractivity contribution in [3.63, 3.8) is 0 Å². The van der Waals surface area contributed by atoms with Crippen LogP contribution in [0.5, 0.6) is 0 Å². The van der Waals surface area contributed by atoms with Crippen LogP contribution in [0.4, 0.5) is 13.2 Å². The largest absolute Gasteiger partial charge is 0.471 e. The number of carbonyl (C=O) groups excluding carboxylic acids is 1. The lowest BCUT2D eigenvalue weighted by Gasteiger charge is -2.29. The van der Waals surface area contributed by atoms with Crippen LogP contribution < -0.4 is 5.32 Å². The fourth-order valence-electron chi connectivity index (χ4n) is 2.64. The Kier molecular flexibility index (Phi) is 3.57. The number of halogens is 4. The van der Waals surface area contributed by atoms with Gasteiger partial charge in [0, 0.05) is 10.5 Å². The molecule has 0 radical (unpaired) electrons. The second kappa shape index (κ2) is 5.14. The summed E-state index contributed by atoms with van der Waals surface area (Å²) in [5.74, 6) is -1.91. The lowest BCUT2D eigenvalue weighted by atomic mass is 9.84. The number of aromatic nitrogens is 1. The summed E-state index contributed by atoms with van der Waals surface area (Å²) < 4.78 is 37.6. The van der Waals surface area contributed by atoms with Crippen LogP contribution in [0, 0.1) is 0 Å². The minimum absolute atomic E-state index is 0.355. The Morgan fingerprint density at radius 3 is 2.90 bits per heavy atom. The Balaban J connectivity index is 1.92. The molecule has 0 aliphatic heterocycles. The molecule has 0 fully saturated rings. The zero-order chi connectivity index (χ0) is 15.2. The van der Waals surface area contributed by atoms with Gasteiger partial charge in [-0.2, -0.15) is 13.2 Å². The minimum atomic E-state index is -4.87. The normalized spacial score (nSPS) is 21.0. The molecular formula is C13H10ClF3N2OS. The van der Waals surface area contributed by atoms with E-state index in [2.05, 4.69) is 10.3 Å². The molecule has 0 aromatic carbocycles. The minimum Gasteiger partial charge on any atom is -0.341 e. The molecule has 1 amide bonds. The lowest BCUT2D eigenvalue weighted by molar-refractivity contribution is -0.174. The van der Waals surface area contributed by atoms with E-state index in [-0.39, 0.29) is 0 Å². The maximum Gasteiger partial charge on any atom is 0.471 e. The number of rotatable bonds is 1. The number of fused-ring (bicyclic) bond motifs is 2. The van der Waals surface area contributed by atoms with Gasteiger partial charge in [-0.1, -0.05) is 23.8 Å². The molecule has 1 aromatic rings. The molecule has 1 N–H and O–H groups in total. The number of hydrogen-bond donors (Lipinski definition) is 1. The zero-order valence-electron chi connectivity index (χ0n) is 10.6. The highest BCUT2D eigenvalue weighted by Gasteiger charge is 2.41. The Labute approximate surface area is 127 Å². The van der Waals surface area contributed by atoms with E-state index in [1.54, 1.807) is 6.08 Å². The van der Waals surface area contributed by atoms with E-state index in [1.807, 2.05) is 6.08 Å². The van der Waals surface area contributed by atoms with E-state index in [0.29, 0.717) is 23.7 Å². The molecule has 1 aromatic heterocycles. The van der Waals surface area contributed by atoms with Crippen molar-refractivity contribution < 1.29 is 18.0 Å². The van der Waals surface area contributed by atoms with Crippen LogP contribution in [0.25, 0.3) is 5.57 Å². The maximum atomic E-state index is 12.4. The number of hydrogen-bond acceptors (Lipinski definition) is 3. The molecule has 3 rings (SSSR count). The third-order valence-electron chi connectivity index (χ3n) is 3.53. The predicted molar refractivity (Wildman–Crippen MR) is 74.1 cm³/mol. The number of nitrogens with one attached hydrogen (secondary N) is 1. The van der Waals surface area contributed by atoms with Gasteiger partial charge in [-0.05, 0) is 24.8 Å². The third-order valence-corrected chi connectivity index (χ3v) is 4.75. The molecule has 0 saturated heterocycles. The van der Waals surface area contributed by atoms with E-state index in [1.165, 1.54) is 11.3 Å². The fourth-order valence-corrected chi connectivity index (χ4v) is 3.80. The van der Waals surface area contributed by atoms with Crippen LogP contribution in [0.2, 0.25) is 4.47 Å². The molecule has 0 saturated carbocycles. The van der Waals surface area contributed by atoms with Crippen LogP contribution in [0.15, 0.2) is 17.7 Å². The van der Waals surface area contributed by atoms with Gasteiger partial charge in [-0.3, -0.25) is 4.79 Å². The first-order chi connectivity index (χ1) is 9.86. The smallest absolute Gasteiger partial charge is 0.341 e. The van der Waals surface area contributed by atoms with Crippen molar-refractivity contribution in [1.29, 1.82) is 0 Å². The van der Waals surface area contributed by atoms with E-state index >= 15 is 0 Å². The second-order valence-corrected chi connectivity index (χ2v) is 6.51. The Bertz CT molecular complexity index is 663. The first kappa shape index (κ1) is 14.6. The van der Waals surface area contributed by atoms with Gasteiger partial charge in [0.25, 0.3) is 0 Å². The van der Waals surface area contributed by atoms with Gasteiger partial charge in [0.2, 0.25) is 0 Å². The second-order valence-electron chi connectivity index (χ2n) is 4.84. The molecule has 0 spiro atoms. The molecule has 0 bridgehead atoms. The highest BCUT2D eigenvalue weighted by atomic mass is 35.5. The van der Waals surface area contributed by atoms with E-state index in [4.69, 9.17) is 11.6 Å². The van der Waals surface area contributed by atoms with Gasteiger partial charge in [-0.15, -0.1) is 11.3 Å². The van der Waals surface area contributed by atoms with Crippen LogP contribution in [0.1, 0.15) is 23.4 Å². The number of aryl methyl sites for hydroxylation is 1. The topological polar surface area (TPSA) is 42.0 Å². The van der Waals surface area contributed by atoms with Gasteiger partial charge in [0.05, 0.1) is 11.7 Å². The van der Waals surface area contributed by atoms with E-state index in [0.717, 1.165) is 21.7 Å². The summed E-state index contributed by atoms with van der Waals surface area (Å²) in [6.07, 6.45) is 0.375. The number of thiazole rings is 1. The third kappa shape index (κ3) is 2.72. The SMILES string of the molecule is O=C(NC1CC=CC2=C1CCc1sc(Cl)nc12)C(F)(F)F. The quantitative estimate of drug-likeness (QED) is 0.854. The summed E-state index contributed by atoms with van der Waals surface area (Å²) in [6.45, 7) is 0. The zero-order valence-corrected chi connectivity index (χ0v) is 12.2. The molecule has 3 nitrogen and oxygen atoms in total. The molecule has 2 aliphatic rings. The molecule has 1 atom stereocenters. The lowest BCUT2D eigenvalue weighted by Crippen LogP contribution is -2.44. The maximum absolute atomic E-state index is 12.4. The van der Waals surface area contributed by atoms with Crippen molar-refractivity contribution in [3.8, 4) is 0 Å². The van der Waals surface area contributed by atoms with Crippen LogP contribution in [-0.4, -0.2) is 23.1 Å². The molecular weight excluding hydrogens is 325 g/mol. The predicted octanol–water partition coefficient (Wildman–Crippen LogP) is 3.50. The van der Waals surface area contributed by atoms with Gasteiger partial charge in [0.1, 0.15) is 0 Å². The Morgan fingerprint density at radius 2 is 2.19 bits per heavy atom. The number of carbonyl (C=O) groups is 1. The average Bonchev–Trinajstić information content (AvgIpc) is 2.78. The van der Waals surface area contributed by atoms with Crippen molar-refractivity contribution in [1.82, 2.24) is 10.3 Å². The van der Waals surface area contributed by atoms with Crippen molar-refractivity contribution >= 4 is 34.4 Å². The summed E-state index contributed by atoms with van der Waals surface area (Å²) >= 11 is 7.29. The fraction of sp³-hybridized carbons (Fsp3) is 0.385. The van der Waals surface area contributed by atoms with Crippen LogP contribution >= 0.6 is 22.9 Å². The van der Waals surface area contributed by atoms with Crippen molar-refractivity contribution in [2.45, 2.75) is 31.5 Å². The van der Waals surface area contributed by atoms with Gasteiger partial charge >= 0.3 is 12.1 Å². The molecule has 21 heavy (non-hydrogen) atoms. The number of allylic oxidation sites excluding steroid dienone is 2. The Hall–Kier alpha value is -1.34. The van der Waals surface area contributed by atoms with E-state index < -0.39 is 18.1 Å². The summed E-state index contributed by atoms with van der Waals surface area (Å²) in [7, 11) is 0. The first-order valence-corrected chi connectivity index (χ1v) is 7.48. The molecule has 1 heterocycles.